The van der Waals surface area contributed by atoms with E-state index in [0.29, 0.717) is 18.9 Å². The second-order valence-electron chi connectivity index (χ2n) is 12.9. The maximum absolute atomic E-state index is 12.7. The molecule has 0 amide bonds. The molecule has 0 spiro atoms. The van der Waals surface area contributed by atoms with Crippen molar-refractivity contribution in [2.75, 3.05) is 6.61 Å². The zero-order valence-corrected chi connectivity index (χ0v) is 27.3. The normalized spacial score (nSPS) is 12.2. The molecular formula is C36H70O4. The molecule has 4 nitrogen and oxygen atoms in total. The molecule has 0 aliphatic rings. The van der Waals surface area contributed by atoms with Crippen molar-refractivity contribution in [1.82, 2.24) is 0 Å². The molecular weight excluding hydrogens is 496 g/mol. The molecule has 1 N–H and O–H groups in total. The van der Waals surface area contributed by atoms with Crippen LogP contribution in [0.4, 0.5) is 0 Å². The maximum atomic E-state index is 12.7. The first-order valence-corrected chi connectivity index (χ1v) is 17.9. The molecule has 0 bridgehead atoms. The molecule has 0 aromatic rings. The summed E-state index contributed by atoms with van der Waals surface area (Å²) in [5.41, 5.74) is 0. The van der Waals surface area contributed by atoms with Crippen molar-refractivity contribution in [3.05, 3.63) is 0 Å². The standard InChI is InChI=1S/C36H70O4/c1-4-5-6-7-8-9-10-11-12-14-17-20-23-26-29-34(36(39)40-32-33(2)3)30-27-24-21-18-15-13-16-19-22-25-28-31-35(37)38/h33-34H,4-32H2,1-3H3,(H,37,38). The lowest BCUT2D eigenvalue weighted by Gasteiger charge is -2.17. The molecule has 1 atom stereocenters. The third-order valence-corrected chi connectivity index (χ3v) is 8.24. The van der Waals surface area contributed by atoms with Crippen molar-refractivity contribution in [1.29, 1.82) is 0 Å². The van der Waals surface area contributed by atoms with E-state index < -0.39 is 5.97 Å². The van der Waals surface area contributed by atoms with Crippen molar-refractivity contribution in [3.8, 4) is 0 Å². The molecule has 0 saturated carbocycles. The van der Waals surface area contributed by atoms with E-state index in [1.54, 1.807) is 0 Å². The lowest BCUT2D eigenvalue weighted by Crippen LogP contribution is -2.20. The van der Waals surface area contributed by atoms with Crippen LogP contribution in [0, 0.1) is 11.8 Å². The Morgan fingerprint density at radius 1 is 0.525 bits per heavy atom. The van der Waals surface area contributed by atoms with Crippen molar-refractivity contribution in [2.24, 2.45) is 11.8 Å². The van der Waals surface area contributed by atoms with Crippen LogP contribution in [-0.2, 0) is 14.3 Å². The van der Waals surface area contributed by atoms with Crippen LogP contribution in [0.25, 0.3) is 0 Å². The highest BCUT2D eigenvalue weighted by atomic mass is 16.5. The molecule has 0 heterocycles. The van der Waals surface area contributed by atoms with E-state index in [-0.39, 0.29) is 11.9 Å². The van der Waals surface area contributed by atoms with Crippen LogP contribution in [0.15, 0.2) is 0 Å². The predicted octanol–water partition coefficient (Wildman–Crippen LogP) is 11.8. The maximum Gasteiger partial charge on any atom is 0.308 e. The lowest BCUT2D eigenvalue weighted by atomic mass is 9.94. The Kier molecular flexibility index (Phi) is 30.1. The minimum atomic E-state index is -0.673. The number of ether oxygens (including phenoxy) is 1. The Morgan fingerprint density at radius 3 is 1.18 bits per heavy atom. The zero-order valence-electron chi connectivity index (χ0n) is 27.3. The Morgan fingerprint density at radius 2 is 0.850 bits per heavy atom. The van der Waals surface area contributed by atoms with Gasteiger partial charge in [-0.15, -0.1) is 0 Å². The van der Waals surface area contributed by atoms with Gasteiger partial charge in [0.15, 0.2) is 0 Å². The Bertz CT molecular complexity index is 545. The second-order valence-corrected chi connectivity index (χ2v) is 12.9. The van der Waals surface area contributed by atoms with Gasteiger partial charge in [-0.2, -0.15) is 0 Å². The smallest absolute Gasteiger partial charge is 0.308 e. The van der Waals surface area contributed by atoms with Gasteiger partial charge < -0.3 is 9.84 Å². The van der Waals surface area contributed by atoms with Gasteiger partial charge >= 0.3 is 11.9 Å². The van der Waals surface area contributed by atoms with Crippen LogP contribution in [0.1, 0.15) is 201 Å². The number of carboxylic acids is 1. The van der Waals surface area contributed by atoms with Crippen LogP contribution in [0.2, 0.25) is 0 Å². The van der Waals surface area contributed by atoms with Gasteiger partial charge in [0.2, 0.25) is 0 Å². The highest BCUT2D eigenvalue weighted by molar-refractivity contribution is 5.72. The quantitative estimate of drug-likeness (QED) is 0.0649. The summed E-state index contributed by atoms with van der Waals surface area (Å²) in [6, 6.07) is 0. The first-order valence-electron chi connectivity index (χ1n) is 17.9. The molecule has 0 radical (unpaired) electrons. The fourth-order valence-corrected chi connectivity index (χ4v) is 5.59. The summed E-state index contributed by atoms with van der Waals surface area (Å²) in [4.78, 5) is 23.3. The third kappa shape index (κ3) is 29.9. The van der Waals surface area contributed by atoms with Gasteiger partial charge in [0, 0.05) is 6.42 Å². The number of hydrogen-bond acceptors (Lipinski definition) is 3. The predicted molar refractivity (Wildman–Crippen MR) is 172 cm³/mol. The third-order valence-electron chi connectivity index (χ3n) is 8.24. The lowest BCUT2D eigenvalue weighted by molar-refractivity contribution is -0.150. The number of unbranched alkanes of at least 4 members (excludes halogenated alkanes) is 23. The first kappa shape index (κ1) is 38.9. The minimum absolute atomic E-state index is 0.0479. The van der Waals surface area contributed by atoms with E-state index in [9.17, 15) is 9.59 Å². The molecule has 0 aromatic carbocycles. The fraction of sp³-hybridized carbons (Fsp3) is 0.944. The highest BCUT2D eigenvalue weighted by Gasteiger charge is 2.19. The van der Waals surface area contributed by atoms with Crippen molar-refractivity contribution in [2.45, 2.75) is 201 Å². The van der Waals surface area contributed by atoms with E-state index in [1.807, 2.05) is 0 Å². The van der Waals surface area contributed by atoms with Crippen LogP contribution >= 0.6 is 0 Å². The SMILES string of the molecule is CCCCCCCCCCCCCCCCC(CCCCCCCCCCCCCC(=O)O)C(=O)OCC(C)C. The van der Waals surface area contributed by atoms with Crippen LogP contribution in [-0.4, -0.2) is 23.7 Å². The molecule has 0 rings (SSSR count). The van der Waals surface area contributed by atoms with Crippen LogP contribution < -0.4 is 0 Å². The number of carboxylic acid groups (broad SMARTS) is 1. The average molecular weight is 567 g/mol. The number of aliphatic carboxylic acids is 1. The Labute approximate surface area is 250 Å². The molecule has 4 heteroatoms. The van der Waals surface area contributed by atoms with E-state index in [1.165, 1.54) is 135 Å². The monoisotopic (exact) mass is 567 g/mol. The van der Waals surface area contributed by atoms with E-state index in [0.717, 1.165) is 38.5 Å². The number of hydrogen-bond donors (Lipinski definition) is 1. The van der Waals surface area contributed by atoms with Crippen LogP contribution in [0.3, 0.4) is 0 Å². The zero-order chi connectivity index (χ0) is 29.5. The van der Waals surface area contributed by atoms with Gasteiger partial charge in [-0.1, -0.05) is 175 Å². The Hall–Kier alpha value is -1.06. The molecule has 0 aromatic heterocycles. The summed E-state index contributed by atoms with van der Waals surface area (Å²) in [6.07, 6.45) is 34.5. The molecule has 1 unspecified atom stereocenters. The number of carbonyl (C=O) groups excluding carboxylic acids is 1. The summed E-state index contributed by atoms with van der Waals surface area (Å²) in [5, 5.41) is 8.67. The number of rotatable bonds is 32. The molecule has 0 saturated heterocycles. The summed E-state index contributed by atoms with van der Waals surface area (Å²) in [6.45, 7) is 7.05. The van der Waals surface area contributed by atoms with E-state index in [2.05, 4.69) is 20.8 Å². The topological polar surface area (TPSA) is 63.6 Å². The Balaban J connectivity index is 3.81. The molecule has 0 aliphatic heterocycles. The van der Waals surface area contributed by atoms with Crippen LogP contribution in [0.5, 0.6) is 0 Å². The largest absolute Gasteiger partial charge is 0.481 e. The molecule has 40 heavy (non-hydrogen) atoms. The van der Waals surface area contributed by atoms with Gasteiger partial charge in [0.25, 0.3) is 0 Å². The van der Waals surface area contributed by atoms with Crippen molar-refractivity contribution < 1.29 is 19.4 Å². The van der Waals surface area contributed by atoms with Crippen molar-refractivity contribution >= 4 is 11.9 Å². The van der Waals surface area contributed by atoms with Gasteiger partial charge in [-0.25, -0.2) is 0 Å². The molecule has 238 valence electrons. The van der Waals surface area contributed by atoms with Gasteiger partial charge in [0.1, 0.15) is 0 Å². The minimum Gasteiger partial charge on any atom is -0.481 e. The average Bonchev–Trinajstić information content (AvgIpc) is 2.93. The summed E-state index contributed by atoms with van der Waals surface area (Å²) < 4.78 is 5.64. The summed E-state index contributed by atoms with van der Waals surface area (Å²) in [7, 11) is 0. The van der Waals surface area contributed by atoms with Gasteiger partial charge in [-0.05, 0) is 25.2 Å². The highest BCUT2D eigenvalue weighted by Crippen LogP contribution is 2.22. The number of esters is 1. The fourth-order valence-electron chi connectivity index (χ4n) is 5.59. The van der Waals surface area contributed by atoms with E-state index in [4.69, 9.17) is 9.84 Å². The second kappa shape index (κ2) is 30.9. The number of carbonyl (C=O) groups is 2. The summed E-state index contributed by atoms with van der Waals surface area (Å²) >= 11 is 0. The first-order chi connectivity index (χ1) is 19.5. The van der Waals surface area contributed by atoms with Crippen molar-refractivity contribution in [3.63, 3.8) is 0 Å². The van der Waals surface area contributed by atoms with E-state index >= 15 is 0 Å². The molecule has 0 fully saturated rings. The summed E-state index contributed by atoms with van der Waals surface area (Å²) in [5.74, 6) is -0.132. The molecule has 0 aliphatic carbocycles. The van der Waals surface area contributed by atoms with Gasteiger partial charge in [0.05, 0.1) is 12.5 Å². The van der Waals surface area contributed by atoms with Gasteiger partial charge in [-0.3, -0.25) is 9.59 Å².